The Balaban J connectivity index is 2.41. The van der Waals surface area contributed by atoms with E-state index in [1.165, 1.54) is 23.9 Å². The predicted molar refractivity (Wildman–Crippen MR) is 81.4 cm³/mol. The first kappa shape index (κ1) is 15.3. The number of aromatic nitrogens is 2. The molecule has 0 saturated carbocycles. The minimum atomic E-state index is -0.315. The van der Waals surface area contributed by atoms with Gasteiger partial charge in [0.2, 0.25) is 0 Å². The zero-order valence-corrected chi connectivity index (χ0v) is 12.6. The van der Waals surface area contributed by atoms with Gasteiger partial charge in [0.1, 0.15) is 23.3 Å². The average Bonchev–Trinajstić information content (AvgIpc) is 2.37. The molecule has 2 rings (SSSR count). The van der Waals surface area contributed by atoms with E-state index in [1.54, 1.807) is 12.1 Å². The fraction of sp³-hybridized carbons (Fsp3) is 0.267. The van der Waals surface area contributed by atoms with E-state index in [-0.39, 0.29) is 17.2 Å². The van der Waals surface area contributed by atoms with E-state index in [0.29, 0.717) is 22.5 Å². The largest absolute Gasteiger partial charge is 0.382 e. The van der Waals surface area contributed by atoms with Crippen LogP contribution in [0.5, 0.6) is 0 Å². The maximum absolute atomic E-state index is 13.3. The van der Waals surface area contributed by atoms with Gasteiger partial charge in [-0.15, -0.1) is 0 Å². The molecule has 0 unspecified atom stereocenters. The van der Waals surface area contributed by atoms with Gasteiger partial charge in [-0.05, 0) is 17.7 Å². The summed E-state index contributed by atoms with van der Waals surface area (Å²) in [6.07, 6.45) is 0.346. The molecule has 4 nitrogen and oxygen atoms in total. The molecule has 1 aromatic carbocycles. The van der Waals surface area contributed by atoms with E-state index >= 15 is 0 Å². The molecule has 0 atom stereocenters. The highest BCUT2D eigenvalue weighted by atomic mass is 32.2. The van der Waals surface area contributed by atoms with Crippen LogP contribution in [0.3, 0.4) is 0 Å². The lowest BCUT2D eigenvalue weighted by atomic mass is 10.1. The predicted octanol–water partition coefficient (Wildman–Crippen LogP) is 3.16. The number of nitrogen functional groups attached to an aromatic ring is 1. The zero-order chi connectivity index (χ0) is 15.4. The first-order chi connectivity index (χ1) is 9.99. The van der Waals surface area contributed by atoms with Crippen molar-refractivity contribution in [2.75, 3.05) is 5.73 Å². The zero-order valence-electron chi connectivity index (χ0n) is 11.8. The maximum atomic E-state index is 13.3. The fourth-order valence-electron chi connectivity index (χ4n) is 1.86. The molecule has 2 aromatic rings. The summed E-state index contributed by atoms with van der Waals surface area (Å²) in [5.74, 6) is -0.146. The van der Waals surface area contributed by atoms with Crippen LogP contribution in [0.2, 0.25) is 0 Å². The SMILES string of the molecule is CC(C)Sc1nc(N)c(C#N)c(Cc2cccc(F)c2)n1. The Morgan fingerprint density at radius 2 is 2.14 bits per heavy atom. The van der Waals surface area contributed by atoms with Crippen LogP contribution in [0.4, 0.5) is 10.2 Å². The van der Waals surface area contributed by atoms with Crippen LogP contribution in [0.1, 0.15) is 30.7 Å². The number of hydrogen-bond acceptors (Lipinski definition) is 5. The molecule has 1 aromatic heterocycles. The molecule has 0 aliphatic rings. The lowest BCUT2D eigenvalue weighted by Gasteiger charge is -2.09. The normalized spacial score (nSPS) is 10.6. The highest BCUT2D eigenvalue weighted by molar-refractivity contribution is 7.99. The van der Waals surface area contributed by atoms with Crippen molar-refractivity contribution in [3.63, 3.8) is 0 Å². The van der Waals surface area contributed by atoms with E-state index in [4.69, 9.17) is 5.73 Å². The van der Waals surface area contributed by atoms with Crippen molar-refractivity contribution in [1.29, 1.82) is 5.26 Å². The molecule has 0 fully saturated rings. The summed E-state index contributed by atoms with van der Waals surface area (Å²) in [6.45, 7) is 4.04. The Bertz CT molecular complexity index is 695. The van der Waals surface area contributed by atoms with Crippen LogP contribution < -0.4 is 5.73 Å². The summed E-state index contributed by atoms with van der Waals surface area (Å²) in [4.78, 5) is 8.53. The number of hydrogen-bond donors (Lipinski definition) is 1. The number of nitriles is 1. The third-order valence-electron chi connectivity index (χ3n) is 2.70. The van der Waals surface area contributed by atoms with Gasteiger partial charge in [-0.2, -0.15) is 5.26 Å². The van der Waals surface area contributed by atoms with Crippen LogP contribution in [0.15, 0.2) is 29.4 Å². The van der Waals surface area contributed by atoms with Crippen LogP contribution in [0.25, 0.3) is 0 Å². The molecule has 0 spiro atoms. The number of rotatable bonds is 4. The fourth-order valence-corrected chi connectivity index (χ4v) is 2.59. The molecular formula is C15H15FN4S. The topological polar surface area (TPSA) is 75.6 Å². The van der Waals surface area contributed by atoms with E-state index in [0.717, 1.165) is 5.56 Å². The molecule has 0 saturated heterocycles. The second-order valence-electron chi connectivity index (χ2n) is 4.80. The van der Waals surface area contributed by atoms with Crippen molar-refractivity contribution < 1.29 is 4.39 Å². The Labute approximate surface area is 127 Å². The molecule has 2 N–H and O–H groups in total. The van der Waals surface area contributed by atoms with Crippen molar-refractivity contribution in [2.24, 2.45) is 0 Å². The monoisotopic (exact) mass is 302 g/mol. The average molecular weight is 302 g/mol. The number of benzene rings is 1. The molecule has 0 bridgehead atoms. The summed E-state index contributed by atoms with van der Waals surface area (Å²) in [7, 11) is 0. The lowest BCUT2D eigenvalue weighted by molar-refractivity contribution is 0.626. The molecule has 6 heteroatoms. The van der Waals surface area contributed by atoms with Crippen LogP contribution >= 0.6 is 11.8 Å². The van der Waals surface area contributed by atoms with Crippen molar-refractivity contribution in [2.45, 2.75) is 30.7 Å². The standard InChI is InChI=1S/C15H15FN4S/c1-9(2)21-15-19-13(12(8-17)14(18)20-15)7-10-4-3-5-11(16)6-10/h3-6,9H,7H2,1-2H3,(H2,18,19,20). The first-order valence-corrected chi connectivity index (χ1v) is 7.35. The number of anilines is 1. The van der Waals surface area contributed by atoms with Gasteiger partial charge >= 0.3 is 0 Å². The molecule has 1 heterocycles. The quantitative estimate of drug-likeness (QED) is 0.693. The number of thioether (sulfide) groups is 1. The van der Waals surface area contributed by atoms with Gasteiger partial charge in [0, 0.05) is 11.7 Å². The van der Waals surface area contributed by atoms with Crippen molar-refractivity contribution >= 4 is 17.6 Å². The second kappa shape index (κ2) is 6.55. The molecular weight excluding hydrogens is 287 g/mol. The third kappa shape index (κ3) is 3.92. The first-order valence-electron chi connectivity index (χ1n) is 6.47. The second-order valence-corrected chi connectivity index (χ2v) is 6.34. The summed E-state index contributed by atoms with van der Waals surface area (Å²) >= 11 is 1.47. The van der Waals surface area contributed by atoms with Crippen molar-refractivity contribution in [1.82, 2.24) is 9.97 Å². The minimum Gasteiger partial charge on any atom is -0.382 e. The van der Waals surface area contributed by atoms with E-state index < -0.39 is 0 Å². The molecule has 0 amide bonds. The Morgan fingerprint density at radius 3 is 2.76 bits per heavy atom. The Morgan fingerprint density at radius 1 is 1.38 bits per heavy atom. The Kier molecular flexibility index (Phi) is 4.76. The lowest BCUT2D eigenvalue weighted by Crippen LogP contribution is -2.07. The summed E-state index contributed by atoms with van der Waals surface area (Å²) in [5.41, 5.74) is 7.36. The van der Waals surface area contributed by atoms with Crippen molar-refractivity contribution in [3.05, 3.63) is 46.9 Å². The van der Waals surface area contributed by atoms with E-state index in [1.807, 2.05) is 19.9 Å². The summed E-state index contributed by atoms with van der Waals surface area (Å²) < 4.78 is 13.3. The number of nitrogens with two attached hydrogens (primary N) is 1. The van der Waals surface area contributed by atoms with Gasteiger partial charge in [-0.3, -0.25) is 0 Å². The third-order valence-corrected chi connectivity index (χ3v) is 3.57. The minimum absolute atomic E-state index is 0.169. The Hall–Kier alpha value is -2.13. The molecule has 21 heavy (non-hydrogen) atoms. The van der Waals surface area contributed by atoms with Gasteiger partial charge < -0.3 is 5.73 Å². The van der Waals surface area contributed by atoms with Gasteiger partial charge in [0.15, 0.2) is 5.16 Å². The summed E-state index contributed by atoms with van der Waals surface area (Å²) in [5, 5.41) is 10.1. The van der Waals surface area contributed by atoms with E-state index in [2.05, 4.69) is 9.97 Å². The van der Waals surface area contributed by atoms with Crippen molar-refractivity contribution in [3.8, 4) is 6.07 Å². The highest BCUT2D eigenvalue weighted by Gasteiger charge is 2.14. The van der Waals surface area contributed by atoms with Gasteiger partial charge in [-0.25, -0.2) is 14.4 Å². The number of nitrogens with zero attached hydrogens (tertiary/aromatic N) is 3. The highest BCUT2D eigenvalue weighted by Crippen LogP contribution is 2.24. The smallest absolute Gasteiger partial charge is 0.190 e. The molecule has 0 radical (unpaired) electrons. The van der Waals surface area contributed by atoms with Gasteiger partial charge in [0.25, 0.3) is 0 Å². The molecule has 0 aliphatic heterocycles. The molecule has 108 valence electrons. The van der Waals surface area contributed by atoms with Crippen LogP contribution in [0, 0.1) is 17.1 Å². The summed E-state index contributed by atoms with van der Waals surface area (Å²) in [6, 6.07) is 8.25. The number of halogens is 1. The van der Waals surface area contributed by atoms with E-state index in [9.17, 15) is 9.65 Å². The van der Waals surface area contributed by atoms with Gasteiger partial charge in [-0.1, -0.05) is 37.7 Å². The molecule has 0 aliphatic carbocycles. The van der Waals surface area contributed by atoms with Crippen LogP contribution in [-0.4, -0.2) is 15.2 Å². The maximum Gasteiger partial charge on any atom is 0.190 e. The van der Waals surface area contributed by atoms with Crippen LogP contribution in [-0.2, 0) is 6.42 Å². The van der Waals surface area contributed by atoms with Gasteiger partial charge in [0.05, 0.1) is 5.69 Å².